The van der Waals surface area contributed by atoms with Crippen molar-refractivity contribution in [1.29, 1.82) is 0 Å². The molecule has 2 atom stereocenters. The second kappa shape index (κ2) is 3.77. The average molecular weight is 178 g/mol. The first-order valence-corrected chi connectivity index (χ1v) is 4.89. The Morgan fingerprint density at radius 1 is 1.31 bits per heavy atom. The second-order valence-corrected chi connectivity index (χ2v) is 3.64. The van der Waals surface area contributed by atoms with E-state index in [0.29, 0.717) is 12.3 Å². The van der Waals surface area contributed by atoms with E-state index in [0.717, 1.165) is 19.3 Å². The number of carbonyl (C=O) groups excluding carboxylic acids is 1. The first-order chi connectivity index (χ1) is 6.36. The summed E-state index contributed by atoms with van der Waals surface area (Å²) in [5.41, 5.74) is 0. The molecule has 1 aliphatic carbocycles. The van der Waals surface area contributed by atoms with E-state index >= 15 is 0 Å². The van der Waals surface area contributed by atoms with Crippen LogP contribution in [0.3, 0.4) is 0 Å². The SMILES string of the molecule is O=C1CCC2CCC=CC=CC2O1. The molecule has 2 aliphatic rings. The molecule has 0 aromatic carbocycles. The van der Waals surface area contributed by atoms with Crippen LogP contribution in [0.15, 0.2) is 24.3 Å². The highest BCUT2D eigenvalue weighted by Gasteiger charge is 2.28. The van der Waals surface area contributed by atoms with Crippen LogP contribution in [0.25, 0.3) is 0 Å². The summed E-state index contributed by atoms with van der Waals surface area (Å²) in [4.78, 5) is 11.0. The smallest absolute Gasteiger partial charge is 0.306 e. The molecule has 0 aromatic heterocycles. The summed E-state index contributed by atoms with van der Waals surface area (Å²) in [7, 11) is 0. The van der Waals surface area contributed by atoms with Gasteiger partial charge in [0.25, 0.3) is 0 Å². The minimum absolute atomic E-state index is 0.0335. The van der Waals surface area contributed by atoms with Gasteiger partial charge in [-0.3, -0.25) is 4.79 Å². The first-order valence-electron chi connectivity index (χ1n) is 4.89. The molecule has 1 saturated heterocycles. The van der Waals surface area contributed by atoms with Crippen molar-refractivity contribution in [2.24, 2.45) is 5.92 Å². The molecule has 2 nitrogen and oxygen atoms in total. The van der Waals surface area contributed by atoms with E-state index in [4.69, 9.17) is 4.74 Å². The second-order valence-electron chi connectivity index (χ2n) is 3.64. The van der Waals surface area contributed by atoms with Crippen LogP contribution in [-0.4, -0.2) is 12.1 Å². The molecule has 0 aromatic rings. The summed E-state index contributed by atoms with van der Waals surface area (Å²) in [6, 6.07) is 0. The molecule has 2 rings (SSSR count). The fourth-order valence-corrected chi connectivity index (χ4v) is 1.94. The Kier molecular flexibility index (Phi) is 2.48. The van der Waals surface area contributed by atoms with Crippen molar-refractivity contribution < 1.29 is 9.53 Å². The van der Waals surface area contributed by atoms with Crippen LogP contribution in [0.1, 0.15) is 25.7 Å². The molecule has 13 heavy (non-hydrogen) atoms. The predicted molar refractivity (Wildman–Crippen MR) is 50.1 cm³/mol. The van der Waals surface area contributed by atoms with Gasteiger partial charge in [-0.05, 0) is 25.3 Å². The van der Waals surface area contributed by atoms with Gasteiger partial charge in [-0.1, -0.05) is 18.2 Å². The van der Waals surface area contributed by atoms with Gasteiger partial charge in [0.2, 0.25) is 0 Å². The zero-order valence-corrected chi connectivity index (χ0v) is 7.61. The van der Waals surface area contributed by atoms with Gasteiger partial charge in [-0.25, -0.2) is 0 Å². The van der Waals surface area contributed by atoms with Crippen molar-refractivity contribution >= 4 is 5.97 Å². The van der Waals surface area contributed by atoms with E-state index < -0.39 is 0 Å². The maximum absolute atomic E-state index is 11.0. The molecule has 0 spiro atoms. The highest BCUT2D eigenvalue weighted by Crippen LogP contribution is 2.27. The van der Waals surface area contributed by atoms with Crippen LogP contribution >= 0.6 is 0 Å². The molecule has 0 bridgehead atoms. The molecule has 2 unspecified atom stereocenters. The van der Waals surface area contributed by atoms with Crippen molar-refractivity contribution in [2.45, 2.75) is 31.8 Å². The van der Waals surface area contributed by atoms with Gasteiger partial charge in [-0.15, -0.1) is 0 Å². The lowest BCUT2D eigenvalue weighted by atomic mass is 9.88. The van der Waals surface area contributed by atoms with Gasteiger partial charge in [0.05, 0.1) is 0 Å². The summed E-state index contributed by atoms with van der Waals surface area (Å²) in [6.45, 7) is 0. The highest BCUT2D eigenvalue weighted by atomic mass is 16.5. The van der Waals surface area contributed by atoms with E-state index in [-0.39, 0.29) is 12.1 Å². The number of allylic oxidation sites excluding steroid dienone is 3. The Morgan fingerprint density at radius 2 is 2.23 bits per heavy atom. The lowest BCUT2D eigenvalue weighted by molar-refractivity contribution is -0.154. The van der Waals surface area contributed by atoms with Crippen LogP contribution in [0.4, 0.5) is 0 Å². The maximum atomic E-state index is 11.0. The Morgan fingerprint density at radius 3 is 3.15 bits per heavy atom. The molecule has 1 fully saturated rings. The topological polar surface area (TPSA) is 26.3 Å². The number of fused-ring (bicyclic) bond motifs is 1. The molecule has 0 saturated carbocycles. The zero-order chi connectivity index (χ0) is 9.10. The minimum Gasteiger partial charge on any atom is -0.458 e. The largest absolute Gasteiger partial charge is 0.458 e. The number of esters is 1. The lowest BCUT2D eigenvalue weighted by Gasteiger charge is -2.29. The van der Waals surface area contributed by atoms with Gasteiger partial charge in [0, 0.05) is 12.3 Å². The Labute approximate surface area is 78.3 Å². The van der Waals surface area contributed by atoms with Gasteiger partial charge < -0.3 is 4.74 Å². The highest BCUT2D eigenvalue weighted by molar-refractivity contribution is 5.70. The van der Waals surface area contributed by atoms with Crippen LogP contribution in [0, 0.1) is 5.92 Å². The summed E-state index contributed by atoms with van der Waals surface area (Å²) in [5.74, 6) is 0.495. The molecular formula is C11H14O2. The molecule has 0 N–H and O–H groups in total. The van der Waals surface area contributed by atoms with Gasteiger partial charge in [0.1, 0.15) is 6.10 Å². The number of rotatable bonds is 0. The van der Waals surface area contributed by atoms with E-state index in [2.05, 4.69) is 6.08 Å². The third-order valence-electron chi connectivity index (χ3n) is 2.70. The van der Waals surface area contributed by atoms with Crippen LogP contribution < -0.4 is 0 Å². The first kappa shape index (κ1) is 8.54. The minimum atomic E-state index is -0.0459. The molecular weight excluding hydrogens is 164 g/mol. The summed E-state index contributed by atoms with van der Waals surface area (Å²) in [6.07, 6.45) is 12.0. The van der Waals surface area contributed by atoms with Crippen LogP contribution in [-0.2, 0) is 9.53 Å². The van der Waals surface area contributed by atoms with Crippen LogP contribution in [0.5, 0.6) is 0 Å². The summed E-state index contributed by atoms with van der Waals surface area (Å²) < 4.78 is 5.27. The van der Waals surface area contributed by atoms with E-state index in [9.17, 15) is 4.79 Å². The third-order valence-corrected chi connectivity index (χ3v) is 2.70. The fraction of sp³-hybridized carbons (Fsp3) is 0.545. The van der Waals surface area contributed by atoms with Crippen molar-refractivity contribution in [3.63, 3.8) is 0 Å². The Bertz CT molecular complexity index is 251. The quantitative estimate of drug-likeness (QED) is 0.531. The molecule has 1 heterocycles. The van der Waals surface area contributed by atoms with Crippen molar-refractivity contribution in [3.8, 4) is 0 Å². The van der Waals surface area contributed by atoms with Crippen molar-refractivity contribution in [3.05, 3.63) is 24.3 Å². The van der Waals surface area contributed by atoms with Crippen LogP contribution in [0.2, 0.25) is 0 Å². The van der Waals surface area contributed by atoms with E-state index in [1.54, 1.807) is 0 Å². The standard InChI is InChI=1S/C11H14O2/c12-11-8-7-9-5-3-1-2-4-6-10(9)13-11/h1-2,4,6,9-10H,3,5,7-8H2. The predicted octanol–water partition coefficient (Wildman–Crippen LogP) is 2.21. The summed E-state index contributed by atoms with van der Waals surface area (Å²) in [5, 5.41) is 0. The zero-order valence-electron chi connectivity index (χ0n) is 7.61. The monoisotopic (exact) mass is 178 g/mol. The van der Waals surface area contributed by atoms with Gasteiger partial charge in [0.15, 0.2) is 0 Å². The maximum Gasteiger partial charge on any atom is 0.306 e. The molecule has 0 radical (unpaired) electrons. The third kappa shape index (κ3) is 2.00. The van der Waals surface area contributed by atoms with Gasteiger partial charge in [-0.2, -0.15) is 0 Å². The Hall–Kier alpha value is -1.05. The molecule has 70 valence electrons. The molecule has 2 heteroatoms. The molecule has 1 aliphatic heterocycles. The Balaban J connectivity index is 2.09. The number of ether oxygens (including phenoxy) is 1. The normalized spacial score (nSPS) is 33.1. The fourth-order valence-electron chi connectivity index (χ4n) is 1.94. The summed E-state index contributed by atoms with van der Waals surface area (Å²) >= 11 is 0. The van der Waals surface area contributed by atoms with E-state index in [1.807, 2.05) is 18.2 Å². The van der Waals surface area contributed by atoms with Gasteiger partial charge >= 0.3 is 5.97 Å². The van der Waals surface area contributed by atoms with Crippen molar-refractivity contribution in [1.82, 2.24) is 0 Å². The van der Waals surface area contributed by atoms with Crippen molar-refractivity contribution in [2.75, 3.05) is 0 Å². The number of hydrogen-bond acceptors (Lipinski definition) is 2. The average Bonchev–Trinajstić information content (AvgIpc) is 2.08. The number of carbonyl (C=O) groups is 1. The molecule has 0 amide bonds. The lowest BCUT2D eigenvalue weighted by Crippen LogP contribution is -2.31. The van der Waals surface area contributed by atoms with E-state index in [1.165, 1.54) is 0 Å². The number of hydrogen-bond donors (Lipinski definition) is 0.